The Labute approximate surface area is 131 Å². The van der Waals surface area contributed by atoms with E-state index in [0.29, 0.717) is 16.5 Å². The van der Waals surface area contributed by atoms with Gasteiger partial charge in [0.2, 0.25) is 0 Å². The summed E-state index contributed by atoms with van der Waals surface area (Å²) in [4.78, 5) is 14.5. The number of benzene rings is 1. The maximum Gasteiger partial charge on any atom is 0.253 e. The van der Waals surface area contributed by atoms with Crippen molar-refractivity contribution in [1.29, 1.82) is 0 Å². The molecule has 0 saturated carbocycles. The largest absolute Gasteiger partial charge is 0.338 e. The number of piperidine rings is 1. The summed E-state index contributed by atoms with van der Waals surface area (Å²) in [5, 5.41) is 4.08. The Morgan fingerprint density at radius 2 is 2.16 bits per heavy atom. The maximum absolute atomic E-state index is 12.5. The Kier molecular flexibility index (Phi) is 4.01. The van der Waals surface area contributed by atoms with Crippen LogP contribution in [0.2, 0.25) is 5.02 Å². The number of rotatable bonds is 1. The second-order valence-electron chi connectivity index (χ2n) is 5.35. The lowest BCUT2D eigenvalue weighted by Gasteiger charge is -2.34. The molecule has 102 valence electrons. The van der Waals surface area contributed by atoms with Crippen LogP contribution in [0.5, 0.6) is 0 Å². The van der Waals surface area contributed by atoms with Crippen LogP contribution >= 0.6 is 34.2 Å². The normalized spacial score (nSPS) is 26.3. The number of carbonyl (C=O) groups excluding carboxylic acids is 1. The van der Waals surface area contributed by atoms with Crippen LogP contribution in [0.3, 0.4) is 0 Å². The first kappa shape index (κ1) is 13.6. The Hall–Kier alpha value is -0.330. The summed E-state index contributed by atoms with van der Waals surface area (Å²) in [6.45, 7) is 3.90. The van der Waals surface area contributed by atoms with E-state index in [0.717, 1.165) is 42.1 Å². The van der Waals surface area contributed by atoms with E-state index in [9.17, 15) is 4.79 Å². The number of hydrogen-bond acceptors (Lipinski definition) is 2. The zero-order valence-corrected chi connectivity index (χ0v) is 13.4. The van der Waals surface area contributed by atoms with E-state index in [1.54, 1.807) is 6.07 Å². The highest BCUT2D eigenvalue weighted by atomic mass is 127. The van der Waals surface area contributed by atoms with Crippen molar-refractivity contribution in [2.45, 2.75) is 6.42 Å². The quantitative estimate of drug-likeness (QED) is 0.748. The monoisotopic (exact) mass is 390 g/mol. The number of amides is 1. The van der Waals surface area contributed by atoms with Crippen molar-refractivity contribution < 1.29 is 4.79 Å². The molecule has 2 aliphatic rings. The van der Waals surface area contributed by atoms with E-state index < -0.39 is 0 Å². The Bertz CT molecular complexity index is 508. The molecule has 0 aliphatic carbocycles. The Morgan fingerprint density at radius 3 is 2.95 bits per heavy atom. The number of halogens is 2. The fraction of sp³-hybridized carbons (Fsp3) is 0.500. The third-order valence-electron chi connectivity index (χ3n) is 4.16. The minimum atomic E-state index is 0.114. The van der Waals surface area contributed by atoms with Gasteiger partial charge in [-0.1, -0.05) is 11.6 Å². The van der Waals surface area contributed by atoms with Gasteiger partial charge in [-0.2, -0.15) is 0 Å². The molecule has 2 atom stereocenters. The van der Waals surface area contributed by atoms with Gasteiger partial charge in [-0.05, 0) is 72.1 Å². The van der Waals surface area contributed by atoms with Gasteiger partial charge < -0.3 is 10.2 Å². The van der Waals surface area contributed by atoms with Crippen LogP contribution < -0.4 is 5.32 Å². The predicted molar refractivity (Wildman–Crippen MR) is 84.5 cm³/mol. The van der Waals surface area contributed by atoms with Gasteiger partial charge in [0.05, 0.1) is 5.02 Å². The topological polar surface area (TPSA) is 32.3 Å². The molecule has 0 radical (unpaired) electrons. The zero-order chi connectivity index (χ0) is 13.4. The second kappa shape index (κ2) is 5.58. The van der Waals surface area contributed by atoms with Crippen molar-refractivity contribution in [2.75, 3.05) is 26.2 Å². The summed E-state index contributed by atoms with van der Waals surface area (Å²) in [6, 6.07) is 5.56. The van der Waals surface area contributed by atoms with Crippen LogP contribution in [0.15, 0.2) is 18.2 Å². The van der Waals surface area contributed by atoms with Crippen LogP contribution in [0.4, 0.5) is 0 Å². The summed E-state index contributed by atoms with van der Waals surface area (Å²) >= 11 is 8.27. The molecule has 1 N–H and O–H groups in total. The van der Waals surface area contributed by atoms with E-state index in [4.69, 9.17) is 11.6 Å². The molecule has 2 unspecified atom stereocenters. The van der Waals surface area contributed by atoms with Gasteiger partial charge in [-0.3, -0.25) is 4.79 Å². The van der Waals surface area contributed by atoms with Gasteiger partial charge in [-0.25, -0.2) is 0 Å². The highest BCUT2D eigenvalue weighted by Crippen LogP contribution is 2.28. The minimum absolute atomic E-state index is 0.114. The van der Waals surface area contributed by atoms with Gasteiger partial charge in [0.1, 0.15) is 0 Å². The van der Waals surface area contributed by atoms with E-state index in [-0.39, 0.29) is 5.91 Å². The van der Waals surface area contributed by atoms with Gasteiger partial charge >= 0.3 is 0 Å². The first-order valence-electron chi connectivity index (χ1n) is 6.60. The van der Waals surface area contributed by atoms with Crippen LogP contribution in [0.1, 0.15) is 16.8 Å². The average Bonchev–Trinajstić information content (AvgIpc) is 2.88. The highest BCUT2D eigenvalue weighted by Gasteiger charge is 2.34. The summed E-state index contributed by atoms with van der Waals surface area (Å²) in [6.07, 6.45) is 1.11. The SMILES string of the molecule is O=C(c1ccc(I)c(Cl)c1)N1CCC2CNCC2C1. The van der Waals surface area contributed by atoms with Gasteiger partial charge in [0.25, 0.3) is 5.91 Å². The molecule has 2 fully saturated rings. The molecule has 1 amide bonds. The van der Waals surface area contributed by atoms with E-state index in [1.807, 2.05) is 17.0 Å². The molecule has 2 aliphatic heterocycles. The summed E-state index contributed by atoms with van der Waals surface area (Å²) in [5.41, 5.74) is 0.704. The molecule has 3 rings (SSSR count). The Balaban J connectivity index is 1.74. The molecule has 0 bridgehead atoms. The molecule has 2 heterocycles. The van der Waals surface area contributed by atoms with Crippen molar-refractivity contribution in [3.63, 3.8) is 0 Å². The lowest BCUT2D eigenvalue weighted by molar-refractivity contribution is 0.0642. The maximum atomic E-state index is 12.5. The lowest BCUT2D eigenvalue weighted by atomic mass is 9.88. The molecule has 1 aromatic carbocycles. The molecule has 0 aromatic heterocycles. The van der Waals surface area contributed by atoms with Crippen molar-refractivity contribution in [3.05, 3.63) is 32.4 Å². The molecule has 3 nitrogen and oxygen atoms in total. The first-order chi connectivity index (χ1) is 9.15. The average molecular weight is 391 g/mol. The number of fused-ring (bicyclic) bond motifs is 1. The molecule has 19 heavy (non-hydrogen) atoms. The molecule has 0 spiro atoms. The number of nitrogens with one attached hydrogen (secondary N) is 1. The van der Waals surface area contributed by atoms with Crippen molar-refractivity contribution >= 4 is 40.1 Å². The van der Waals surface area contributed by atoms with Crippen molar-refractivity contribution in [3.8, 4) is 0 Å². The van der Waals surface area contributed by atoms with Crippen molar-refractivity contribution in [1.82, 2.24) is 10.2 Å². The number of carbonyl (C=O) groups is 1. The fourth-order valence-electron chi connectivity index (χ4n) is 3.03. The molecule has 1 aromatic rings. The highest BCUT2D eigenvalue weighted by molar-refractivity contribution is 14.1. The van der Waals surface area contributed by atoms with E-state index in [1.165, 1.54) is 0 Å². The molecular formula is C14H16ClIN2O. The molecular weight excluding hydrogens is 375 g/mol. The molecule has 5 heteroatoms. The number of nitrogens with zero attached hydrogens (tertiary/aromatic N) is 1. The van der Waals surface area contributed by atoms with Crippen LogP contribution in [0, 0.1) is 15.4 Å². The van der Waals surface area contributed by atoms with Crippen LogP contribution in [-0.4, -0.2) is 37.0 Å². The second-order valence-corrected chi connectivity index (χ2v) is 6.92. The lowest BCUT2D eigenvalue weighted by Crippen LogP contribution is -2.43. The van der Waals surface area contributed by atoms with Crippen LogP contribution in [-0.2, 0) is 0 Å². The third-order valence-corrected chi connectivity index (χ3v) is 5.73. The third kappa shape index (κ3) is 2.76. The summed E-state index contributed by atoms with van der Waals surface area (Å²) < 4.78 is 0.981. The smallest absolute Gasteiger partial charge is 0.253 e. The predicted octanol–water partition coefficient (Wildman–Crippen LogP) is 2.63. The summed E-state index contributed by atoms with van der Waals surface area (Å²) in [5.74, 6) is 1.49. The Morgan fingerprint density at radius 1 is 1.37 bits per heavy atom. The van der Waals surface area contributed by atoms with Gasteiger partial charge in [-0.15, -0.1) is 0 Å². The summed E-state index contributed by atoms with van der Waals surface area (Å²) in [7, 11) is 0. The number of hydrogen-bond donors (Lipinski definition) is 1. The first-order valence-corrected chi connectivity index (χ1v) is 8.06. The minimum Gasteiger partial charge on any atom is -0.338 e. The van der Waals surface area contributed by atoms with Gasteiger partial charge in [0.15, 0.2) is 0 Å². The fourth-order valence-corrected chi connectivity index (χ4v) is 3.55. The van der Waals surface area contributed by atoms with Crippen LogP contribution in [0.25, 0.3) is 0 Å². The number of likely N-dealkylation sites (tertiary alicyclic amines) is 1. The zero-order valence-electron chi connectivity index (χ0n) is 10.5. The standard InChI is InChI=1S/C14H16ClIN2O/c15-12-5-9(1-2-13(12)16)14(19)18-4-3-10-6-17-7-11(10)8-18/h1-2,5,10-11,17H,3-4,6-8H2. The van der Waals surface area contributed by atoms with Gasteiger partial charge in [0, 0.05) is 22.2 Å². The van der Waals surface area contributed by atoms with E-state index in [2.05, 4.69) is 27.9 Å². The van der Waals surface area contributed by atoms with Crippen molar-refractivity contribution in [2.24, 2.45) is 11.8 Å². The van der Waals surface area contributed by atoms with E-state index >= 15 is 0 Å². The molecule has 2 saturated heterocycles.